The molecule has 0 aliphatic heterocycles. The molecule has 1 rings (SSSR count). The van der Waals surface area contributed by atoms with Crippen LogP contribution in [0.5, 0.6) is 5.75 Å². The number of aromatic hydroxyl groups is 1. The van der Waals surface area contributed by atoms with Crippen LogP contribution < -0.4 is 5.32 Å². The molecule has 1 aromatic carbocycles. The van der Waals surface area contributed by atoms with E-state index in [-0.39, 0.29) is 0 Å². The topological polar surface area (TPSA) is 41.5 Å². The van der Waals surface area contributed by atoms with Gasteiger partial charge in [-0.05, 0) is 38.0 Å². The maximum atomic E-state index is 9.17. The summed E-state index contributed by atoms with van der Waals surface area (Å²) >= 11 is 0. The molecule has 0 bridgehead atoms. The van der Waals surface area contributed by atoms with Gasteiger partial charge in [-0.2, -0.15) is 0 Å². The summed E-state index contributed by atoms with van der Waals surface area (Å²) in [7, 11) is 1.71. The molecule has 0 fully saturated rings. The van der Waals surface area contributed by atoms with Gasteiger partial charge >= 0.3 is 0 Å². The van der Waals surface area contributed by atoms with Crippen molar-refractivity contribution < 1.29 is 9.84 Å². The third kappa shape index (κ3) is 4.64. The molecular weight excluding hydrogens is 202 g/mol. The summed E-state index contributed by atoms with van der Waals surface area (Å²) in [5.74, 6) is 0.317. The summed E-state index contributed by atoms with van der Waals surface area (Å²) in [6, 6.07) is 8.11. The second-order valence-corrected chi connectivity index (χ2v) is 4.29. The summed E-state index contributed by atoms with van der Waals surface area (Å²) in [5, 5.41) is 12.6. The lowest BCUT2D eigenvalue weighted by atomic mass is 10.1. The summed E-state index contributed by atoms with van der Waals surface area (Å²) < 4.78 is 5.07. The molecule has 0 aromatic heterocycles. The molecule has 0 radical (unpaired) electrons. The van der Waals surface area contributed by atoms with Crippen LogP contribution >= 0.6 is 0 Å². The summed E-state index contributed by atoms with van der Waals surface area (Å²) in [6.45, 7) is 4.98. The van der Waals surface area contributed by atoms with Crippen molar-refractivity contribution in [2.75, 3.05) is 13.7 Å². The van der Waals surface area contributed by atoms with Crippen LogP contribution in [0.1, 0.15) is 19.4 Å². The lowest BCUT2D eigenvalue weighted by Gasteiger charge is -2.19. The van der Waals surface area contributed by atoms with Gasteiger partial charge in [0.05, 0.1) is 6.61 Å². The average Bonchev–Trinajstić information content (AvgIpc) is 2.21. The molecule has 2 N–H and O–H groups in total. The Labute approximate surface area is 97.4 Å². The van der Waals surface area contributed by atoms with Crippen molar-refractivity contribution >= 4 is 0 Å². The van der Waals surface area contributed by atoms with E-state index in [1.54, 1.807) is 19.2 Å². The number of ether oxygens (including phenoxy) is 1. The highest BCUT2D eigenvalue weighted by molar-refractivity contribution is 5.26. The van der Waals surface area contributed by atoms with Crippen molar-refractivity contribution in [3.63, 3.8) is 0 Å². The quantitative estimate of drug-likeness (QED) is 0.774. The number of phenols is 1. The van der Waals surface area contributed by atoms with Crippen LogP contribution in [0.4, 0.5) is 0 Å². The molecule has 0 heterocycles. The largest absolute Gasteiger partial charge is 0.508 e. The molecule has 3 nitrogen and oxygen atoms in total. The molecule has 90 valence electrons. The van der Waals surface area contributed by atoms with Crippen LogP contribution in [0.3, 0.4) is 0 Å². The van der Waals surface area contributed by atoms with E-state index in [0.717, 1.165) is 13.0 Å². The van der Waals surface area contributed by atoms with Gasteiger partial charge in [0.1, 0.15) is 5.75 Å². The third-order valence-electron chi connectivity index (χ3n) is 2.46. The van der Waals surface area contributed by atoms with Crippen LogP contribution in [0.2, 0.25) is 0 Å². The standard InChI is InChI=1S/C13H21NO2/c1-10(14-11(2)9-16-3)8-12-4-6-13(15)7-5-12/h4-7,10-11,14-15H,8-9H2,1-3H3. The van der Waals surface area contributed by atoms with E-state index >= 15 is 0 Å². The van der Waals surface area contributed by atoms with Crippen molar-refractivity contribution in [2.45, 2.75) is 32.4 Å². The zero-order chi connectivity index (χ0) is 12.0. The Morgan fingerprint density at radius 1 is 1.19 bits per heavy atom. The number of hydrogen-bond acceptors (Lipinski definition) is 3. The number of hydrogen-bond donors (Lipinski definition) is 2. The fourth-order valence-electron chi connectivity index (χ4n) is 1.83. The minimum atomic E-state index is 0.317. The highest BCUT2D eigenvalue weighted by Gasteiger charge is 2.07. The minimum Gasteiger partial charge on any atom is -0.508 e. The van der Waals surface area contributed by atoms with Crippen molar-refractivity contribution in [3.05, 3.63) is 29.8 Å². The Bertz CT molecular complexity index is 297. The van der Waals surface area contributed by atoms with E-state index in [4.69, 9.17) is 4.74 Å². The number of nitrogens with one attached hydrogen (secondary N) is 1. The molecule has 2 unspecified atom stereocenters. The molecule has 0 amide bonds. The second kappa shape index (κ2) is 6.51. The Kier molecular flexibility index (Phi) is 5.29. The van der Waals surface area contributed by atoms with Crippen LogP contribution in [-0.4, -0.2) is 30.9 Å². The fraction of sp³-hybridized carbons (Fsp3) is 0.538. The molecule has 0 saturated carbocycles. The zero-order valence-corrected chi connectivity index (χ0v) is 10.2. The normalized spacial score (nSPS) is 14.7. The number of phenolic OH excluding ortho intramolecular Hbond substituents is 1. The minimum absolute atomic E-state index is 0.317. The van der Waals surface area contributed by atoms with E-state index in [0.29, 0.717) is 17.8 Å². The molecular formula is C13H21NO2. The van der Waals surface area contributed by atoms with Gasteiger partial charge in [-0.25, -0.2) is 0 Å². The van der Waals surface area contributed by atoms with Gasteiger partial charge in [0.2, 0.25) is 0 Å². The van der Waals surface area contributed by atoms with E-state index in [2.05, 4.69) is 19.2 Å². The molecule has 3 heteroatoms. The van der Waals surface area contributed by atoms with Gasteiger partial charge in [-0.3, -0.25) is 0 Å². The lowest BCUT2D eigenvalue weighted by Crippen LogP contribution is -2.38. The maximum Gasteiger partial charge on any atom is 0.115 e. The van der Waals surface area contributed by atoms with Crippen LogP contribution in [0.25, 0.3) is 0 Å². The first-order valence-electron chi connectivity index (χ1n) is 5.64. The van der Waals surface area contributed by atoms with Crippen molar-refractivity contribution in [2.24, 2.45) is 0 Å². The van der Waals surface area contributed by atoms with Crippen LogP contribution in [-0.2, 0) is 11.2 Å². The number of benzene rings is 1. The van der Waals surface area contributed by atoms with Gasteiger partial charge < -0.3 is 15.2 Å². The summed E-state index contributed by atoms with van der Waals surface area (Å²) in [6.07, 6.45) is 0.953. The number of methoxy groups -OCH3 is 1. The summed E-state index contributed by atoms with van der Waals surface area (Å²) in [4.78, 5) is 0. The molecule has 16 heavy (non-hydrogen) atoms. The van der Waals surface area contributed by atoms with E-state index in [1.165, 1.54) is 5.56 Å². The van der Waals surface area contributed by atoms with E-state index in [9.17, 15) is 5.11 Å². The Morgan fingerprint density at radius 3 is 2.38 bits per heavy atom. The molecule has 2 atom stereocenters. The Balaban J connectivity index is 2.39. The van der Waals surface area contributed by atoms with Gasteiger partial charge in [-0.15, -0.1) is 0 Å². The smallest absolute Gasteiger partial charge is 0.115 e. The Morgan fingerprint density at radius 2 is 1.81 bits per heavy atom. The molecule has 1 aromatic rings. The monoisotopic (exact) mass is 223 g/mol. The zero-order valence-electron chi connectivity index (χ0n) is 10.2. The predicted octanol–water partition coefficient (Wildman–Crippen LogP) is 1.95. The highest BCUT2D eigenvalue weighted by Crippen LogP contribution is 2.11. The van der Waals surface area contributed by atoms with Gasteiger partial charge in [0.15, 0.2) is 0 Å². The molecule has 0 spiro atoms. The SMILES string of the molecule is COCC(C)NC(C)Cc1ccc(O)cc1. The average molecular weight is 223 g/mol. The first-order valence-corrected chi connectivity index (χ1v) is 5.64. The second-order valence-electron chi connectivity index (χ2n) is 4.29. The van der Waals surface area contributed by atoms with Gasteiger partial charge in [0, 0.05) is 19.2 Å². The highest BCUT2D eigenvalue weighted by atomic mass is 16.5. The van der Waals surface area contributed by atoms with Crippen molar-refractivity contribution in [1.29, 1.82) is 0 Å². The maximum absolute atomic E-state index is 9.17. The Hall–Kier alpha value is -1.06. The van der Waals surface area contributed by atoms with E-state index in [1.807, 2.05) is 12.1 Å². The predicted molar refractivity (Wildman–Crippen MR) is 65.7 cm³/mol. The molecule has 0 saturated heterocycles. The third-order valence-corrected chi connectivity index (χ3v) is 2.46. The van der Waals surface area contributed by atoms with Gasteiger partial charge in [0.25, 0.3) is 0 Å². The fourth-order valence-corrected chi connectivity index (χ4v) is 1.83. The first kappa shape index (κ1) is 13.0. The molecule has 0 aliphatic carbocycles. The van der Waals surface area contributed by atoms with Crippen LogP contribution in [0, 0.1) is 0 Å². The van der Waals surface area contributed by atoms with Crippen molar-refractivity contribution in [3.8, 4) is 5.75 Å². The lowest BCUT2D eigenvalue weighted by molar-refractivity contribution is 0.167. The van der Waals surface area contributed by atoms with E-state index < -0.39 is 0 Å². The molecule has 0 aliphatic rings. The van der Waals surface area contributed by atoms with Gasteiger partial charge in [-0.1, -0.05) is 12.1 Å². The number of rotatable bonds is 6. The van der Waals surface area contributed by atoms with Crippen LogP contribution in [0.15, 0.2) is 24.3 Å². The van der Waals surface area contributed by atoms with Crippen molar-refractivity contribution in [1.82, 2.24) is 5.32 Å². The summed E-state index contributed by atoms with van der Waals surface area (Å²) in [5.41, 5.74) is 1.22. The first-order chi connectivity index (χ1) is 7.61.